The van der Waals surface area contributed by atoms with Crippen LogP contribution < -0.4 is 10.6 Å². The molecule has 116 valence electrons. The lowest BCUT2D eigenvalue weighted by atomic mass is 10.1. The average molecular weight is 301 g/mol. The Bertz CT molecular complexity index is 509. The molecule has 1 aromatic rings. The highest BCUT2D eigenvalue weighted by Gasteiger charge is 2.33. The Hall–Kier alpha value is -1.63. The highest BCUT2D eigenvalue weighted by atomic mass is 19.4. The van der Waals surface area contributed by atoms with Crippen molar-refractivity contribution in [2.45, 2.75) is 38.4 Å². The first kappa shape index (κ1) is 15.8. The molecule has 1 fully saturated rings. The number of pyridine rings is 1. The molecule has 1 aliphatic heterocycles. The summed E-state index contributed by atoms with van der Waals surface area (Å²) in [5.74, 6) is -0.361. The van der Waals surface area contributed by atoms with E-state index in [2.05, 4.69) is 15.6 Å². The van der Waals surface area contributed by atoms with Gasteiger partial charge in [-0.15, -0.1) is 0 Å². The summed E-state index contributed by atoms with van der Waals surface area (Å²) >= 11 is 0. The molecular formula is C14H18F3N3O. The first-order valence-corrected chi connectivity index (χ1v) is 6.94. The molecule has 4 nitrogen and oxygen atoms in total. The molecule has 1 amide bonds. The van der Waals surface area contributed by atoms with Crippen molar-refractivity contribution in [3.8, 4) is 0 Å². The predicted molar refractivity (Wildman–Crippen MR) is 72.0 cm³/mol. The Labute approximate surface area is 121 Å². The van der Waals surface area contributed by atoms with E-state index in [4.69, 9.17) is 0 Å². The van der Waals surface area contributed by atoms with E-state index in [1.807, 2.05) is 0 Å². The number of nitrogens with zero attached hydrogens (tertiary/aromatic N) is 1. The fourth-order valence-corrected chi connectivity index (χ4v) is 2.39. The van der Waals surface area contributed by atoms with Gasteiger partial charge in [-0.3, -0.25) is 4.79 Å². The molecule has 0 radical (unpaired) electrons. The summed E-state index contributed by atoms with van der Waals surface area (Å²) in [6.07, 6.45) is -1.84. The van der Waals surface area contributed by atoms with Gasteiger partial charge in [0.15, 0.2) is 0 Å². The van der Waals surface area contributed by atoms with Gasteiger partial charge in [0, 0.05) is 6.04 Å². The first-order valence-electron chi connectivity index (χ1n) is 6.94. The summed E-state index contributed by atoms with van der Waals surface area (Å²) in [5.41, 5.74) is -0.690. The average Bonchev–Trinajstić information content (AvgIpc) is 2.66. The van der Waals surface area contributed by atoms with Crippen LogP contribution in [0.5, 0.6) is 0 Å². The van der Waals surface area contributed by atoms with Crippen molar-refractivity contribution in [2.24, 2.45) is 0 Å². The summed E-state index contributed by atoms with van der Waals surface area (Å²) in [6.45, 7) is 3.17. The summed E-state index contributed by atoms with van der Waals surface area (Å²) in [5, 5.41) is 6.11. The predicted octanol–water partition coefficient (Wildman–Crippen LogP) is 2.28. The van der Waals surface area contributed by atoms with Crippen LogP contribution >= 0.6 is 0 Å². The van der Waals surface area contributed by atoms with Crippen molar-refractivity contribution in [1.29, 1.82) is 0 Å². The number of alkyl halides is 3. The zero-order valence-corrected chi connectivity index (χ0v) is 11.8. The number of nitrogens with one attached hydrogen (secondary N) is 2. The van der Waals surface area contributed by atoms with E-state index >= 15 is 0 Å². The third-order valence-corrected chi connectivity index (χ3v) is 3.53. The fourth-order valence-electron chi connectivity index (χ4n) is 2.39. The molecule has 0 unspecified atom stereocenters. The molecule has 21 heavy (non-hydrogen) atoms. The smallest absolute Gasteiger partial charge is 0.349 e. The van der Waals surface area contributed by atoms with Gasteiger partial charge in [0.05, 0.1) is 11.3 Å². The molecule has 1 aliphatic rings. The highest BCUT2D eigenvalue weighted by Crippen LogP contribution is 2.28. The number of hydrogen-bond donors (Lipinski definition) is 2. The van der Waals surface area contributed by atoms with Crippen LogP contribution in [-0.2, 0) is 6.18 Å². The normalized spacial score (nSPS) is 19.9. The molecule has 2 heterocycles. The molecule has 0 aromatic carbocycles. The van der Waals surface area contributed by atoms with Crippen molar-refractivity contribution in [1.82, 2.24) is 15.6 Å². The van der Waals surface area contributed by atoms with Crippen LogP contribution in [0.4, 0.5) is 13.2 Å². The molecule has 2 rings (SSSR count). The molecule has 1 saturated heterocycles. The number of carbonyl (C=O) groups is 1. The number of carbonyl (C=O) groups excluding carboxylic acids is 1. The second kappa shape index (κ2) is 6.43. The van der Waals surface area contributed by atoms with E-state index < -0.39 is 11.9 Å². The number of halogens is 3. The number of aromatic nitrogens is 1. The lowest BCUT2D eigenvalue weighted by Crippen LogP contribution is -2.36. The molecule has 1 atom stereocenters. The van der Waals surface area contributed by atoms with E-state index in [1.54, 1.807) is 0 Å². The Morgan fingerprint density at radius 1 is 1.33 bits per heavy atom. The molecule has 2 N–H and O–H groups in total. The lowest BCUT2D eigenvalue weighted by Gasteiger charge is -2.17. The number of rotatable bonds is 2. The van der Waals surface area contributed by atoms with Crippen LogP contribution in [0, 0.1) is 6.92 Å². The van der Waals surface area contributed by atoms with E-state index in [0.717, 1.165) is 38.4 Å². The van der Waals surface area contributed by atoms with Gasteiger partial charge in [0.1, 0.15) is 5.69 Å². The Morgan fingerprint density at radius 2 is 2.10 bits per heavy atom. The summed E-state index contributed by atoms with van der Waals surface area (Å²) in [7, 11) is 0. The minimum Gasteiger partial charge on any atom is -0.349 e. The van der Waals surface area contributed by atoms with E-state index in [0.29, 0.717) is 0 Å². The van der Waals surface area contributed by atoms with Gasteiger partial charge in [-0.05, 0) is 51.4 Å². The molecule has 0 spiro atoms. The molecule has 7 heteroatoms. The minimum absolute atomic E-state index is 0.0502. The van der Waals surface area contributed by atoms with Gasteiger partial charge in [-0.25, -0.2) is 4.98 Å². The van der Waals surface area contributed by atoms with Crippen molar-refractivity contribution in [2.75, 3.05) is 13.1 Å². The van der Waals surface area contributed by atoms with Crippen LogP contribution in [0.15, 0.2) is 12.1 Å². The van der Waals surface area contributed by atoms with Crippen LogP contribution in [0.1, 0.15) is 41.0 Å². The van der Waals surface area contributed by atoms with Crippen LogP contribution in [0.25, 0.3) is 0 Å². The Kier molecular flexibility index (Phi) is 4.82. The first-order chi connectivity index (χ1) is 9.88. The quantitative estimate of drug-likeness (QED) is 0.881. The van der Waals surface area contributed by atoms with Crippen molar-refractivity contribution < 1.29 is 18.0 Å². The van der Waals surface area contributed by atoms with E-state index in [9.17, 15) is 18.0 Å². The standard InChI is InChI=1S/C14H18F3N3O/c1-9-11(4-5-12(19-9)14(15,16)17)13(21)20-10-3-2-7-18-8-6-10/h4-5,10,18H,2-3,6-8H2,1H3,(H,20,21)/t10-/m1/s1. The second-order valence-corrected chi connectivity index (χ2v) is 5.18. The third kappa shape index (κ3) is 4.17. The van der Waals surface area contributed by atoms with Gasteiger partial charge in [-0.1, -0.05) is 0 Å². The molecule has 0 saturated carbocycles. The van der Waals surface area contributed by atoms with Gasteiger partial charge in [0.2, 0.25) is 0 Å². The maximum atomic E-state index is 12.5. The van der Waals surface area contributed by atoms with Crippen molar-refractivity contribution in [3.05, 3.63) is 29.1 Å². The second-order valence-electron chi connectivity index (χ2n) is 5.18. The molecule has 0 bridgehead atoms. The topological polar surface area (TPSA) is 54.0 Å². The molecular weight excluding hydrogens is 283 g/mol. The van der Waals surface area contributed by atoms with E-state index in [1.165, 1.54) is 13.0 Å². The third-order valence-electron chi connectivity index (χ3n) is 3.53. The highest BCUT2D eigenvalue weighted by molar-refractivity contribution is 5.95. The van der Waals surface area contributed by atoms with Crippen LogP contribution in [0.2, 0.25) is 0 Å². The monoisotopic (exact) mass is 301 g/mol. The van der Waals surface area contributed by atoms with Crippen molar-refractivity contribution in [3.63, 3.8) is 0 Å². The summed E-state index contributed by atoms with van der Waals surface area (Å²) in [4.78, 5) is 15.6. The number of amides is 1. The van der Waals surface area contributed by atoms with Crippen LogP contribution in [0.3, 0.4) is 0 Å². The van der Waals surface area contributed by atoms with Gasteiger partial charge in [0.25, 0.3) is 5.91 Å². The summed E-state index contributed by atoms with van der Waals surface area (Å²) in [6, 6.07) is 2.08. The fraction of sp³-hybridized carbons (Fsp3) is 0.571. The Morgan fingerprint density at radius 3 is 2.76 bits per heavy atom. The molecule has 1 aromatic heterocycles. The SMILES string of the molecule is Cc1nc(C(F)(F)F)ccc1C(=O)N[C@@H]1CCCNCC1. The van der Waals surface area contributed by atoms with Gasteiger partial charge in [-0.2, -0.15) is 13.2 Å². The number of aryl methyl sites for hydroxylation is 1. The zero-order chi connectivity index (χ0) is 15.5. The Balaban J connectivity index is 2.08. The van der Waals surface area contributed by atoms with Crippen LogP contribution in [-0.4, -0.2) is 30.0 Å². The van der Waals surface area contributed by atoms with Gasteiger partial charge >= 0.3 is 6.18 Å². The lowest BCUT2D eigenvalue weighted by molar-refractivity contribution is -0.141. The largest absolute Gasteiger partial charge is 0.433 e. The number of hydrogen-bond acceptors (Lipinski definition) is 3. The molecule has 0 aliphatic carbocycles. The van der Waals surface area contributed by atoms with Gasteiger partial charge < -0.3 is 10.6 Å². The van der Waals surface area contributed by atoms with E-state index in [-0.39, 0.29) is 23.2 Å². The maximum Gasteiger partial charge on any atom is 0.433 e. The zero-order valence-electron chi connectivity index (χ0n) is 11.8. The minimum atomic E-state index is -4.49. The van der Waals surface area contributed by atoms with Crippen molar-refractivity contribution >= 4 is 5.91 Å². The summed E-state index contributed by atoms with van der Waals surface area (Å²) < 4.78 is 37.6. The maximum absolute atomic E-state index is 12.5.